The van der Waals surface area contributed by atoms with Crippen molar-refractivity contribution in [1.29, 1.82) is 0 Å². The van der Waals surface area contributed by atoms with Crippen LogP contribution in [-0.4, -0.2) is 54.4 Å². The Bertz CT molecular complexity index is 507. The maximum atomic E-state index is 12.0. The number of hydrogen-bond acceptors (Lipinski definition) is 4. The van der Waals surface area contributed by atoms with Crippen LogP contribution in [0.25, 0.3) is 0 Å². The van der Waals surface area contributed by atoms with Gasteiger partial charge in [-0.1, -0.05) is 22.0 Å². The van der Waals surface area contributed by atoms with E-state index in [4.69, 9.17) is 0 Å². The maximum absolute atomic E-state index is 12.0. The van der Waals surface area contributed by atoms with Gasteiger partial charge in [-0.25, -0.2) is 8.42 Å². The molecule has 0 N–H and O–H groups in total. The molecule has 1 saturated heterocycles. The number of carbonyl (C=O) groups is 1. The molecule has 0 radical (unpaired) electrons. The minimum Gasteiger partial charge on any atom is -0.335 e. The number of alkyl halides is 1. The number of hydrogen-bond donors (Lipinski definition) is 0. The molecule has 1 aliphatic heterocycles. The van der Waals surface area contributed by atoms with Crippen molar-refractivity contribution in [2.45, 2.75) is 0 Å². The van der Waals surface area contributed by atoms with E-state index in [-0.39, 0.29) is 10.6 Å². The van der Waals surface area contributed by atoms with Gasteiger partial charge in [-0.2, -0.15) is 4.31 Å². The molecule has 1 aliphatic rings. The van der Waals surface area contributed by atoms with Crippen LogP contribution in [0.15, 0.2) is 17.5 Å². The van der Waals surface area contributed by atoms with Crippen LogP contribution in [-0.2, 0) is 10.0 Å². The van der Waals surface area contributed by atoms with Gasteiger partial charge in [0.1, 0.15) is 4.66 Å². The fraction of sp³-hybridized carbons (Fsp3) is 0.500. The summed E-state index contributed by atoms with van der Waals surface area (Å²) in [6, 6.07) is 3.62. The van der Waals surface area contributed by atoms with Gasteiger partial charge in [-0.05, 0) is 11.4 Å². The maximum Gasteiger partial charge on any atom is 0.264 e. The average molecular weight is 353 g/mol. The highest BCUT2D eigenvalue weighted by Gasteiger charge is 2.28. The molecule has 2 heterocycles. The Morgan fingerprint density at radius 1 is 1.33 bits per heavy atom. The van der Waals surface area contributed by atoms with E-state index in [9.17, 15) is 13.2 Å². The van der Waals surface area contributed by atoms with Crippen molar-refractivity contribution in [1.82, 2.24) is 9.21 Å². The summed E-state index contributed by atoms with van der Waals surface area (Å²) in [5, 5.41) is 1.86. The normalized spacial score (nSPS) is 17.9. The van der Waals surface area contributed by atoms with Crippen molar-refractivity contribution < 1.29 is 13.2 Å². The predicted octanol–water partition coefficient (Wildman–Crippen LogP) is 1.19. The van der Waals surface area contributed by atoms with E-state index in [1.54, 1.807) is 11.0 Å². The van der Waals surface area contributed by atoms with E-state index in [1.807, 2.05) is 11.4 Å². The lowest BCUT2D eigenvalue weighted by Crippen LogP contribution is -2.50. The molecule has 0 aromatic carbocycles. The van der Waals surface area contributed by atoms with Crippen LogP contribution >= 0.6 is 27.3 Å². The fourth-order valence-electron chi connectivity index (χ4n) is 1.79. The van der Waals surface area contributed by atoms with Gasteiger partial charge >= 0.3 is 0 Å². The first-order valence-electron chi connectivity index (χ1n) is 5.41. The highest BCUT2D eigenvalue weighted by Crippen LogP contribution is 2.15. The molecule has 0 aliphatic carbocycles. The summed E-state index contributed by atoms with van der Waals surface area (Å²) >= 11 is 4.38. The summed E-state index contributed by atoms with van der Waals surface area (Å²) in [6.45, 7) is 1.63. The minimum atomic E-state index is -3.21. The second-order valence-corrected chi connectivity index (χ2v) is 8.11. The zero-order valence-corrected chi connectivity index (χ0v) is 12.8. The number of amides is 1. The first-order valence-corrected chi connectivity index (χ1v) is 9.02. The Balaban J connectivity index is 1.97. The molecule has 0 bridgehead atoms. The van der Waals surface area contributed by atoms with Gasteiger partial charge < -0.3 is 4.90 Å². The molecular weight excluding hydrogens is 340 g/mol. The van der Waals surface area contributed by atoms with Gasteiger partial charge in [-0.15, -0.1) is 11.3 Å². The van der Waals surface area contributed by atoms with Crippen LogP contribution in [0.1, 0.15) is 9.67 Å². The second-order valence-electron chi connectivity index (χ2n) is 3.89. The van der Waals surface area contributed by atoms with Crippen LogP contribution in [0.5, 0.6) is 0 Å². The molecule has 8 heteroatoms. The molecule has 2 rings (SSSR count). The SMILES string of the molecule is O=C(c1cccs1)N1CCN(S(=O)(=O)CBr)CC1. The third-order valence-electron chi connectivity index (χ3n) is 2.79. The Kier molecular flexibility index (Phi) is 4.41. The van der Waals surface area contributed by atoms with Gasteiger partial charge in [0.2, 0.25) is 10.0 Å². The van der Waals surface area contributed by atoms with Crippen LogP contribution < -0.4 is 0 Å². The lowest BCUT2D eigenvalue weighted by molar-refractivity contribution is 0.0703. The second kappa shape index (κ2) is 5.68. The summed E-state index contributed by atoms with van der Waals surface area (Å²) in [7, 11) is -3.21. The van der Waals surface area contributed by atoms with Gasteiger partial charge in [0.25, 0.3) is 5.91 Å². The third-order valence-corrected chi connectivity index (χ3v) is 6.81. The predicted molar refractivity (Wildman–Crippen MR) is 74.5 cm³/mol. The number of nitrogens with zero attached hydrogens (tertiary/aromatic N) is 2. The largest absolute Gasteiger partial charge is 0.335 e. The summed E-state index contributed by atoms with van der Waals surface area (Å²) in [5.74, 6) is -0.0131. The lowest BCUT2D eigenvalue weighted by Gasteiger charge is -2.33. The van der Waals surface area contributed by atoms with Crippen LogP contribution in [0.2, 0.25) is 0 Å². The summed E-state index contributed by atoms with van der Waals surface area (Å²) in [6.07, 6.45) is 0. The molecule has 1 aromatic heterocycles. The van der Waals surface area contributed by atoms with Crippen molar-refractivity contribution in [3.63, 3.8) is 0 Å². The van der Waals surface area contributed by atoms with Crippen molar-refractivity contribution in [3.05, 3.63) is 22.4 Å². The Morgan fingerprint density at radius 2 is 2.00 bits per heavy atom. The summed E-state index contributed by atoms with van der Waals surface area (Å²) < 4.78 is 24.6. The molecule has 0 unspecified atom stereocenters. The lowest BCUT2D eigenvalue weighted by atomic mass is 10.3. The van der Waals surface area contributed by atoms with E-state index in [1.165, 1.54) is 15.6 Å². The molecule has 1 aromatic rings. The fourth-order valence-corrected chi connectivity index (χ4v) is 4.21. The number of halogens is 1. The van der Waals surface area contributed by atoms with Gasteiger partial charge in [0.15, 0.2) is 0 Å². The number of rotatable bonds is 3. The first kappa shape index (κ1) is 14.0. The van der Waals surface area contributed by atoms with E-state index in [0.717, 1.165) is 0 Å². The van der Waals surface area contributed by atoms with Crippen molar-refractivity contribution in [2.75, 3.05) is 30.8 Å². The average Bonchev–Trinajstić information content (AvgIpc) is 2.92. The number of sulfonamides is 1. The number of carbonyl (C=O) groups excluding carboxylic acids is 1. The Morgan fingerprint density at radius 3 is 2.50 bits per heavy atom. The monoisotopic (exact) mass is 352 g/mol. The quantitative estimate of drug-likeness (QED) is 0.767. The standard InChI is InChI=1S/C10H13BrN2O3S2/c11-8-18(15,16)13-5-3-12(4-6-13)10(14)9-2-1-7-17-9/h1-2,7H,3-6,8H2. The molecule has 0 atom stereocenters. The molecular formula is C10H13BrN2O3S2. The van der Waals surface area contributed by atoms with Crippen molar-refractivity contribution >= 4 is 43.2 Å². The van der Waals surface area contributed by atoms with Gasteiger partial charge in [0.05, 0.1) is 4.88 Å². The minimum absolute atomic E-state index is 0.0131. The summed E-state index contributed by atoms with van der Waals surface area (Å²) in [4.78, 5) is 14.4. The first-order chi connectivity index (χ1) is 8.54. The van der Waals surface area contributed by atoms with Crippen molar-refractivity contribution in [2.24, 2.45) is 0 Å². The molecule has 100 valence electrons. The molecule has 1 fully saturated rings. The van der Waals surface area contributed by atoms with Crippen LogP contribution in [0.4, 0.5) is 0 Å². The molecule has 18 heavy (non-hydrogen) atoms. The highest BCUT2D eigenvalue weighted by molar-refractivity contribution is 9.10. The van der Waals surface area contributed by atoms with E-state index in [2.05, 4.69) is 15.9 Å². The highest BCUT2D eigenvalue weighted by atomic mass is 79.9. The van der Waals surface area contributed by atoms with Crippen LogP contribution in [0, 0.1) is 0 Å². The van der Waals surface area contributed by atoms with Gasteiger partial charge in [0, 0.05) is 26.2 Å². The topological polar surface area (TPSA) is 57.7 Å². The molecule has 5 nitrogen and oxygen atoms in total. The smallest absolute Gasteiger partial charge is 0.264 e. The number of piperazine rings is 1. The zero-order chi connectivity index (χ0) is 13.2. The Hall–Kier alpha value is -0.440. The van der Waals surface area contributed by atoms with E-state index in [0.29, 0.717) is 31.1 Å². The number of thiophene rings is 1. The molecule has 0 spiro atoms. The third kappa shape index (κ3) is 2.93. The Labute approximate surface area is 119 Å². The zero-order valence-electron chi connectivity index (χ0n) is 9.58. The van der Waals surface area contributed by atoms with E-state index < -0.39 is 10.0 Å². The molecule has 0 saturated carbocycles. The van der Waals surface area contributed by atoms with Gasteiger partial charge in [-0.3, -0.25) is 4.79 Å². The van der Waals surface area contributed by atoms with E-state index >= 15 is 0 Å². The summed E-state index contributed by atoms with van der Waals surface area (Å²) in [5.41, 5.74) is 0. The van der Waals surface area contributed by atoms with Crippen molar-refractivity contribution in [3.8, 4) is 0 Å². The molecule has 1 amide bonds. The van der Waals surface area contributed by atoms with Crippen LogP contribution in [0.3, 0.4) is 0 Å².